The molecule has 0 bridgehead atoms. The molecule has 0 spiro atoms. The Bertz CT molecular complexity index is 1270. The largest absolute Gasteiger partial charge is 0.493 e. The van der Waals surface area contributed by atoms with Gasteiger partial charge in [0.15, 0.2) is 34.6 Å². The van der Waals surface area contributed by atoms with Crippen LogP contribution >= 0.6 is 0 Å². The molecular weight excluding hydrogens is 384 g/mol. The molecule has 0 unspecified atom stereocenters. The van der Waals surface area contributed by atoms with Crippen molar-refractivity contribution in [3.63, 3.8) is 0 Å². The monoisotopic (exact) mass is 404 g/mol. The van der Waals surface area contributed by atoms with Crippen LogP contribution in [0.1, 0.15) is 5.56 Å². The van der Waals surface area contributed by atoms with E-state index in [1.54, 1.807) is 14.2 Å². The standard InChI is InChI=1S/C24H20O6/c1-27-20-9-13-5-7-15-17(16(13)11-21(20)28-2)12-22(29-3)24(30-4)23(15)18-10-14(25)6-8-19(18)26/h5-12H,1-4H3. The van der Waals surface area contributed by atoms with Crippen LogP contribution in [0.15, 0.2) is 48.6 Å². The van der Waals surface area contributed by atoms with E-state index in [-0.39, 0.29) is 17.1 Å². The third-order valence-corrected chi connectivity index (χ3v) is 5.21. The molecule has 30 heavy (non-hydrogen) atoms. The average molecular weight is 404 g/mol. The second kappa shape index (κ2) is 7.55. The summed E-state index contributed by atoms with van der Waals surface area (Å²) in [6.45, 7) is 0. The van der Waals surface area contributed by atoms with E-state index in [9.17, 15) is 9.59 Å². The SMILES string of the molecule is COc1cc2ccc3c(C4=CC(=O)C=CC4=O)c(OC)c(OC)cc3c2cc1OC. The van der Waals surface area contributed by atoms with Crippen molar-refractivity contribution in [3.05, 3.63) is 54.1 Å². The molecule has 152 valence electrons. The van der Waals surface area contributed by atoms with Gasteiger partial charge in [-0.1, -0.05) is 12.1 Å². The van der Waals surface area contributed by atoms with Gasteiger partial charge in [-0.3, -0.25) is 9.59 Å². The molecule has 0 amide bonds. The van der Waals surface area contributed by atoms with Gasteiger partial charge in [-0.15, -0.1) is 0 Å². The van der Waals surface area contributed by atoms with E-state index in [0.29, 0.717) is 28.6 Å². The molecular formula is C24H20O6. The fourth-order valence-corrected chi connectivity index (χ4v) is 3.82. The lowest BCUT2D eigenvalue weighted by Crippen LogP contribution is -2.09. The Morgan fingerprint density at radius 1 is 0.667 bits per heavy atom. The number of rotatable bonds is 5. The number of hydrogen-bond donors (Lipinski definition) is 0. The highest BCUT2D eigenvalue weighted by molar-refractivity contribution is 6.36. The van der Waals surface area contributed by atoms with Crippen molar-refractivity contribution in [2.24, 2.45) is 0 Å². The van der Waals surface area contributed by atoms with Crippen molar-refractivity contribution in [1.29, 1.82) is 0 Å². The molecule has 0 aromatic heterocycles. The lowest BCUT2D eigenvalue weighted by atomic mass is 9.89. The highest BCUT2D eigenvalue weighted by Gasteiger charge is 2.25. The predicted octanol–water partition coefficient (Wildman–Crippen LogP) is 4.12. The van der Waals surface area contributed by atoms with Crippen LogP contribution in [-0.4, -0.2) is 40.0 Å². The lowest BCUT2D eigenvalue weighted by molar-refractivity contribution is -0.113. The minimum absolute atomic E-state index is 0.255. The second-order valence-electron chi connectivity index (χ2n) is 6.73. The van der Waals surface area contributed by atoms with Gasteiger partial charge >= 0.3 is 0 Å². The fraction of sp³-hybridized carbons (Fsp3) is 0.167. The Morgan fingerprint density at radius 2 is 1.33 bits per heavy atom. The molecule has 3 aromatic rings. The molecule has 0 fully saturated rings. The van der Waals surface area contributed by atoms with Gasteiger partial charge in [-0.05, 0) is 58.0 Å². The molecule has 0 radical (unpaired) electrons. The minimum atomic E-state index is -0.269. The van der Waals surface area contributed by atoms with Crippen molar-refractivity contribution in [2.75, 3.05) is 28.4 Å². The van der Waals surface area contributed by atoms with Crippen LogP contribution in [0.2, 0.25) is 0 Å². The highest BCUT2D eigenvalue weighted by Crippen LogP contribution is 2.45. The number of benzene rings is 3. The van der Waals surface area contributed by atoms with E-state index in [1.165, 1.54) is 32.4 Å². The first-order valence-corrected chi connectivity index (χ1v) is 9.24. The van der Waals surface area contributed by atoms with Gasteiger partial charge < -0.3 is 18.9 Å². The Kier molecular flexibility index (Phi) is 4.91. The van der Waals surface area contributed by atoms with Gasteiger partial charge in [0.2, 0.25) is 0 Å². The molecule has 6 heteroatoms. The molecule has 0 aliphatic heterocycles. The topological polar surface area (TPSA) is 71.1 Å². The van der Waals surface area contributed by atoms with Gasteiger partial charge in [-0.25, -0.2) is 0 Å². The summed E-state index contributed by atoms with van der Waals surface area (Å²) >= 11 is 0. The molecule has 1 aliphatic rings. The number of carbonyl (C=O) groups is 2. The molecule has 6 nitrogen and oxygen atoms in total. The predicted molar refractivity (Wildman–Crippen MR) is 115 cm³/mol. The van der Waals surface area contributed by atoms with Crippen LogP contribution < -0.4 is 18.9 Å². The Labute approximate surface area is 173 Å². The van der Waals surface area contributed by atoms with Crippen molar-refractivity contribution >= 4 is 38.7 Å². The smallest absolute Gasteiger partial charge is 0.186 e. The molecule has 3 aromatic carbocycles. The summed E-state index contributed by atoms with van der Waals surface area (Å²) in [6.07, 6.45) is 3.86. The van der Waals surface area contributed by atoms with Gasteiger partial charge in [0.25, 0.3) is 0 Å². The maximum atomic E-state index is 12.7. The highest BCUT2D eigenvalue weighted by atomic mass is 16.5. The van der Waals surface area contributed by atoms with Crippen LogP contribution in [0.5, 0.6) is 23.0 Å². The zero-order valence-corrected chi connectivity index (χ0v) is 17.1. The summed E-state index contributed by atoms with van der Waals surface area (Å²) < 4.78 is 22.1. The molecule has 0 heterocycles. The molecule has 0 N–H and O–H groups in total. The van der Waals surface area contributed by atoms with Gasteiger partial charge in [0.05, 0.1) is 28.4 Å². The van der Waals surface area contributed by atoms with Gasteiger partial charge in [0.1, 0.15) is 0 Å². The molecule has 0 saturated carbocycles. The molecule has 4 rings (SSSR count). The first-order chi connectivity index (χ1) is 14.5. The van der Waals surface area contributed by atoms with Crippen LogP contribution in [0.4, 0.5) is 0 Å². The third kappa shape index (κ3) is 2.97. The van der Waals surface area contributed by atoms with E-state index in [0.717, 1.165) is 21.5 Å². The first kappa shape index (κ1) is 19.5. The van der Waals surface area contributed by atoms with Crippen LogP contribution in [0.25, 0.3) is 27.1 Å². The lowest BCUT2D eigenvalue weighted by Gasteiger charge is -2.19. The summed E-state index contributed by atoms with van der Waals surface area (Å²) in [6, 6.07) is 9.46. The number of carbonyl (C=O) groups excluding carboxylic acids is 2. The number of ether oxygens (including phenoxy) is 4. The van der Waals surface area contributed by atoms with Gasteiger partial charge in [0, 0.05) is 11.1 Å². The first-order valence-electron chi connectivity index (χ1n) is 9.24. The van der Waals surface area contributed by atoms with E-state index in [4.69, 9.17) is 18.9 Å². The Hall–Kier alpha value is -3.80. The zero-order chi connectivity index (χ0) is 21.4. The maximum Gasteiger partial charge on any atom is 0.186 e. The molecule has 0 atom stereocenters. The molecule has 1 aliphatic carbocycles. The maximum absolute atomic E-state index is 12.7. The third-order valence-electron chi connectivity index (χ3n) is 5.21. The average Bonchev–Trinajstić information content (AvgIpc) is 2.78. The van der Waals surface area contributed by atoms with Crippen LogP contribution in [0.3, 0.4) is 0 Å². The summed E-state index contributed by atoms with van der Waals surface area (Å²) in [7, 11) is 6.20. The van der Waals surface area contributed by atoms with E-state index in [2.05, 4.69) is 0 Å². The summed E-state index contributed by atoms with van der Waals surface area (Å²) in [5, 5.41) is 3.41. The number of allylic oxidation sites excluding steroid dienone is 4. The Morgan fingerprint density at radius 3 is 2.00 bits per heavy atom. The normalized spacial score (nSPS) is 13.5. The number of fused-ring (bicyclic) bond motifs is 3. The summed E-state index contributed by atoms with van der Waals surface area (Å²) in [5.74, 6) is 1.53. The van der Waals surface area contributed by atoms with Crippen LogP contribution in [0, 0.1) is 0 Å². The Balaban J connectivity index is 2.16. The fourth-order valence-electron chi connectivity index (χ4n) is 3.82. The number of ketones is 2. The summed E-state index contributed by atoms with van der Waals surface area (Å²) in [5.41, 5.74) is 0.786. The van der Waals surface area contributed by atoms with Crippen molar-refractivity contribution < 1.29 is 28.5 Å². The van der Waals surface area contributed by atoms with E-state index in [1.807, 2.05) is 30.3 Å². The second-order valence-corrected chi connectivity index (χ2v) is 6.73. The van der Waals surface area contributed by atoms with Gasteiger partial charge in [-0.2, -0.15) is 0 Å². The van der Waals surface area contributed by atoms with E-state index >= 15 is 0 Å². The van der Waals surface area contributed by atoms with E-state index < -0.39 is 0 Å². The minimum Gasteiger partial charge on any atom is -0.493 e. The number of hydrogen-bond acceptors (Lipinski definition) is 6. The molecule has 0 saturated heterocycles. The number of methoxy groups -OCH3 is 4. The van der Waals surface area contributed by atoms with Crippen molar-refractivity contribution in [1.82, 2.24) is 0 Å². The zero-order valence-electron chi connectivity index (χ0n) is 17.1. The van der Waals surface area contributed by atoms with Crippen LogP contribution in [-0.2, 0) is 9.59 Å². The quantitative estimate of drug-likeness (QED) is 0.471. The summed E-state index contributed by atoms with van der Waals surface area (Å²) in [4.78, 5) is 24.7. The van der Waals surface area contributed by atoms with Crippen molar-refractivity contribution in [3.8, 4) is 23.0 Å². The van der Waals surface area contributed by atoms with Crippen molar-refractivity contribution in [2.45, 2.75) is 0 Å².